The first kappa shape index (κ1) is 13.2. The number of aryl methyl sites for hydroxylation is 2. The molecule has 0 spiro atoms. The normalized spacial score (nSPS) is 10.2. The van der Waals surface area contributed by atoms with Gasteiger partial charge in [0, 0.05) is 5.38 Å². The molecule has 0 saturated heterocycles. The molecule has 0 unspecified atom stereocenters. The summed E-state index contributed by atoms with van der Waals surface area (Å²) in [7, 11) is 0. The van der Waals surface area contributed by atoms with Crippen LogP contribution >= 0.6 is 11.3 Å². The van der Waals surface area contributed by atoms with Crippen LogP contribution < -0.4 is 5.32 Å². The van der Waals surface area contributed by atoms with Crippen molar-refractivity contribution >= 4 is 28.3 Å². The molecule has 0 fully saturated rings. The number of nitrogens with one attached hydrogen (secondary N) is 1. The zero-order valence-electron chi connectivity index (χ0n) is 10.4. The summed E-state index contributed by atoms with van der Waals surface area (Å²) in [6, 6.07) is 4.69. The first-order valence-electron chi connectivity index (χ1n) is 5.55. The average molecular weight is 276 g/mol. The van der Waals surface area contributed by atoms with E-state index in [1.807, 2.05) is 12.3 Å². The van der Waals surface area contributed by atoms with Gasteiger partial charge in [-0.05, 0) is 26.0 Å². The lowest BCUT2D eigenvalue weighted by Gasteiger charge is -2.06. The van der Waals surface area contributed by atoms with Crippen molar-refractivity contribution in [2.45, 2.75) is 13.8 Å². The lowest BCUT2D eigenvalue weighted by Crippen LogP contribution is -2.16. The fraction of sp³-hybridized carbons (Fsp3) is 0.154. The lowest BCUT2D eigenvalue weighted by molar-refractivity contribution is 0.0692. The molecule has 0 saturated carbocycles. The van der Waals surface area contributed by atoms with Gasteiger partial charge < -0.3 is 5.11 Å². The molecule has 1 aromatic carbocycles. The van der Waals surface area contributed by atoms with Crippen LogP contribution in [0, 0.1) is 13.8 Å². The Kier molecular flexibility index (Phi) is 3.62. The van der Waals surface area contributed by atoms with Crippen LogP contribution in [0.3, 0.4) is 0 Å². The topological polar surface area (TPSA) is 79.3 Å². The molecule has 0 bridgehead atoms. The van der Waals surface area contributed by atoms with E-state index in [9.17, 15) is 9.59 Å². The van der Waals surface area contributed by atoms with E-state index in [1.165, 1.54) is 23.5 Å². The first-order valence-corrected chi connectivity index (χ1v) is 6.43. The van der Waals surface area contributed by atoms with E-state index in [2.05, 4.69) is 10.3 Å². The third kappa shape index (κ3) is 2.97. The van der Waals surface area contributed by atoms with Gasteiger partial charge in [0.15, 0.2) is 5.13 Å². The second-order valence-corrected chi connectivity index (χ2v) is 4.96. The number of nitrogens with zero attached hydrogens (tertiary/aromatic N) is 1. The average Bonchev–Trinajstić information content (AvgIpc) is 2.74. The van der Waals surface area contributed by atoms with E-state index >= 15 is 0 Å². The van der Waals surface area contributed by atoms with Crippen molar-refractivity contribution in [3.05, 3.63) is 46.0 Å². The molecule has 2 rings (SSSR count). The fourth-order valence-electron chi connectivity index (χ4n) is 1.61. The monoisotopic (exact) mass is 276 g/mol. The minimum atomic E-state index is -1.12. The third-order valence-electron chi connectivity index (χ3n) is 2.49. The van der Waals surface area contributed by atoms with E-state index in [0.29, 0.717) is 5.13 Å². The van der Waals surface area contributed by atoms with Gasteiger partial charge in [-0.25, -0.2) is 9.78 Å². The molecule has 6 heteroatoms. The summed E-state index contributed by atoms with van der Waals surface area (Å²) in [5, 5.41) is 14.0. The molecule has 2 aromatic rings. The van der Waals surface area contributed by atoms with E-state index in [-0.39, 0.29) is 11.1 Å². The second-order valence-electron chi connectivity index (χ2n) is 4.10. The summed E-state index contributed by atoms with van der Waals surface area (Å²) in [4.78, 5) is 27.3. The molecule has 5 nitrogen and oxygen atoms in total. The van der Waals surface area contributed by atoms with Gasteiger partial charge in [0.1, 0.15) is 0 Å². The molecule has 0 aliphatic carbocycles. The van der Waals surface area contributed by atoms with Crippen LogP contribution in [0.4, 0.5) is 5.13 Å². The van der Waals surface area contributed by atoms with Crippen LogP contribution in [0.2, 0.25) is 0 Å². The van der Waals surface area contributed by atoms with Gasteiger partial charge in [-0.15, -0.1) is 11.3 Å². The molecule has 0 atom stereocenters. The van der Waals surface area contributed by atoms with Gasteiger partial charge in [-0.3, -0.25) is 10.1 Å². The Morgan fingerprint density at radius 1 is 1.26 bits per heavy atom. The lowest BCUT2D eigenvalue weighted by atomic mass is 10.0. The molecular formula is C13H12N2O3S. The van der Waals surface area contributed by atoms with Crippen LogP contribution in [-0.4, -0.2) is 22.0 Å². The minimum Gasteiger partial charge on any atom is -0.478 e. The third-order valence-corrected chi connectivity index (χ3v) is 3.37. The number of carbonyl (C=O) groups is 2. The molecule has 1 heterocycles. The van der Waals surface area contributed by atoms with Crippen LogP contribution in [-0.2, 0) is 0 Å². The number of rotatable bonds is 3. The number of aromatic carboxylic acids is 1. The van der Waals surface area contributed by atoms with Gasteiger partial charge in [0.2, 0.25) is 0 Å². The minimum absolute atomic E-state index is 0.00854. The molecule has 98 valence electrons. The summed E-state index contributed by atoms with van der Waals surface area (Å²) in [6.07, 6.45) is 0. The quantitative estimate of drug-likeness (QED) is 0.903. The molecule has 0 aliphatic rings. The molecular weight excluding hydrogens is 264 g/mol. The van der Waals surface area contributed by atoms with E-state index < -0.39 is 11.9 Å². The van der Waals surface area contributed by atoms with Crippen molar-refractivity contribution < 1.29 is 14.7 Å². The van der Waals surface area contributed by atoms with Gasteiger partial charge in [0.25, 0.3) is 5.91 Å². The van der Waals surface area contributed by atoms with Crippen LogP contribution in [0.1, 0.15) is 32.0 Å². The molecule has 1 aromatic heterocycles. The first-order chi connectivity index (χ1) is 8.97. The van der Waals surface area contributed by atoms with Crippen LogP contribution in [0.25, 0.3) is 0 Å². The molecule has 1 amide bonds. The smallest absolute Gasteiger partial charge is 0.336 e. The van der Waals surface area contributed by atoms with Crippen LogP contribution in [0.15, 0.2) is 23.6 Å². The highest BCUT2D eigenvalue weighted by atomic mass is 32.1. The van der Waals surface area contributed by atoms with Crippen molar-refractivity contribution in [3.8, 4) is 0 Å². The maximum absolute atomic E-state index is 12.1. The molecule has 0 aliphatic heterocycles. The van der Waals surface area contributed by atoms with E-state index in [1.54, 1.807) is 13.0 Å². The number of amides is 1. The Bertz CT molecular complexity index is 649. The highest BCUT2D eigenvalue weighted by Gasteiger charge is 2.17. The van der Waals surface area contributed by atoms with Crippen molar-refractivity contribution in [1.82, 2.24) is 4.98 Å². The highest BCUT2D eigenvalue weighted by Crippen LogP contribution is 2.18. The van der Waals surface area contributed by atoms with E-state index in [4.69, 9.17) is 5.11 Å². The zero-order chi connectivity index (χ0) is 14.0. The molecule has 0 radical (unpaired) electrons. The fourth-order valence-corrected chi connectivity index (χ4v) is 2.29. The maximum Gasteiger partial charge on any atom is 0.336 e. The number of carboxylic acid groups (broad SMARTS) is 1. The van der Waals surface area contributed by atoms with Crippen LogP contribution in [0.5, 0.6) is 0 Å². The largest absolute Gasteiger partial charge is 0.478 e. The Labute approximate surface area is 113 Å². The predicted octanol–water partition coefficient (Wildman–Crippen LogP) is 2.71. The number of carbonyl (C=O) groups excluding carboxylic acids is 1. The maximum atomic E-state index is 12.1. The second kappa shape index (κ2) is 5.19. The number of hydrogen-bond donors (Lipinski definition) is 2. The number of hydrogen-bond acceptors (Lipinski definition) is 4. The van der Waals surface area contributed by atoms with E-state index in [0.717, 1.165) is 11.3 Å². The van der Waals surface area contributed by atoms with Gasteiger partial charge in [-0.1, -0.05) is 11.6 Å². The Morgan fingerprint density at radius 2 is 2.00 bits per heavy atom. The highest BCUT2D eigenvalue weighted by molar-refractivity contribution is 7.13. The van der Waals surface area contributed by atoms with Crippen molar-refractivity contribution in [2.75, 3.05) is 5.32 Å². The number of benzene rings is 1. The Morgan fingerprint density at radius 3 is 2.58 bits per heavy atom. The van der Waals surface area contributed by atoms with Crippen molar-refractivity contribution in [1.29, 1.82) is 0 Å². The number of aromatic nitrogens is 1. The summed E-state index contributed by atoms with van der Waals surface area (Å²) in [5.74, 6) is -1.59. The van der Waals surface area contributed by atoms with Gasteiger partial charge in [0.05, 0.1) is 16.8 Å². The molecule has 19 heavy (non-hydrogen) atoms. The van der Waals surface area contributed by atoms with Crippen molar-refractivity contribution in [3.63, 3.8) is 0 Å². The van der Waals surface area contributed by atoms with Gasteiger partial charge >= 0.3 is 5.97 Å². The summed E-state index contributed by atoms with van der Waals surface area (Å²) in [5.41, 5.74) is 1.72. The molecule has 2 N–H and O–H groups in total. The Hall–Kier alpha value is -2.21. The summed E-state index contributed by atoms with van der Waals surface area (Å²) >= 11 is 1.30. The van der Waals surface area contributed by atoms with Crippen molar-refractivity contribution in [2.24, 2.45) is 0 Å². The number of anilines is 1. The predicted molar refractivity (Wildman–Crippen MR) is 72.9 cm³/mol. The summed E-state index contributed by atoms with van der Waals surface area (Å²) < 4.78 is 0. The summed E-state index contributed by atoms with van der Waals surface area (Å²) in [6.45, 7) is 3.60. The standard InChI is InChI=1S/C13H12N2O3S/c1-7-3-4-9(10(5-7)12(17)18)11(16)15-13-14-8(2)6-19-13/h3-6H,1-2H3,(H,17,18)(H,14,15,16). The number of carboxylic acids is 1. The van der Waals surface area contributed by atoms with Gasteiger partial charge in [-0.2, -0.15) is 0 Å². The SMILES string of the molecule is Cc1ccc(C(=O)Nc2nc(C)cs2)c(C(=O)O)c1. The zero-order valence-corrected chi connectivity index (χ0v) is 11.2. The Balaban J connectivity index is 2.31. The number of thiazole rings is 1.